The van der Waals surface area contributed by atoms with E-state index in [0.29, 0.717) is 12.1 Å². The smallest absolute Gasteiger partial charge is 0.252 e. The lowest BCUT2D eigenvalue weighted by Gasteiger charge is -2.22. The molecule has 0 spiro atoms. The Morgan fingerprint density at radius 3 is 2.68 bits per heavy atom. The number of halogens is 3. The number of carbonyl (C=O) groups excluding carboxylic acids is 1. The zero-order valence-corrected chi connectivity index (χ0v) is 15.8. The third kappa shape index (κ3) is 6.45. The van der Waals surface area contributed by atoms with Gasteiger partial charge in [-0.2, -0.15) is 0 Å². The fraction of sp³-hybridized carbons (Fsp3) is 0.500. The molecule has 19 heavy (non-hydrogen) atoms. The summed E-state index contributed by atoms with van der Waals surface area (Å²) in [6.07, 6.45) is 0.865. The quantitative estimate of drug-likeness (QED) is 0.508. The minimum atomic E-state index is -0.0785. The molecule has 0 aromatic heterocycles. The fourth-order valence-corrected chi connectivity index (χ4v) is 3.19. The molecule has 5 heteroatoms. The van der Waals surface area contributed by atoms with Crippen molar-refractivity contribution in [1.82, 2.24) is 5.32 Å². The van der Waals surface area contributed by atoms with Gasteiger partial charge in [0, 0.05) is 14.6 Å². The minimum Gasteiger partial charge on any atom is -0.351 e. The van der Waals surface area contributed by atoms with Crippen molar-refractivity contribution in [2.45, 2.75) is 32.6 Å². The van der Waals surface area contributed by atoms with Gasteiger partial charge in [0.2, 0.25) is 0 Å². The molecule has 1 aromatic rings. The Bertz CT molecular complexity index is 459. The Balaban J connectivity index is 2.58. The van der Waals surface area contributed by atoms with Crippen LogP contribution in [0.4, 0.5) is 0 Å². The molecule has 0 aliphatic rings. The molecule has 0 saturated carbocycles. The second-order valence-corrected chi connectivity index (χ2v) is 8.39. The summed E-state index contributed by atoms with van der Waals surface area (Å²) >= 11 is 11.8. The van der Waals surface area contributed by atoms with Crippen LogP contribution < -0.4 is 5.32 Å². The highest BCUT2D eigenvalue weighted by molar-refractivity contribution is 14.1. The third-order valence-electron chi connectivity index (χ3n) is 2.49. The van der Waals surface area contributed by atoms with Gasteiger partial charge in [-0.25, -0.2) is 0 Å². The summed E-state index contributed by atoms with van der Waals surface area (Å²) in [5.74, 6) is -0.0785. The third-order valence-corrected chi connectivity index (χ3v) is 4.23. The highest BCUT2D eigenvalue weighted by atomic mass is 127. The van der Waals surface area contributed by atoms with Crippen molar-refractivity contribution in [3.63, 3.8) is 0 Å². The lowest BCUT2D eigenvalue weighted by atomic mass is 9.90. The Labute approximate surface area is 141 Å². The summed E-state index contributed by atoms with van der Waals surface area (Å²) in [6.45, 7) is 6.91. The Morgan fingerprint density at radius 2 is 2.11 bits per heavy atom. The van der Waals surface area contributed by atoms with Gasteiger partial charge in [0.15, 0.2) is 0 Å². The normalized spacial score (nSPS) is 13.2. The van der Waals surface area contributed by atoms with E-state index in [1.807, 2.05) is 18.2 Å². The predicted octanol–water partition coefficient (Wildman–Crippen LogP) is 4.83. The van der Waals surface area contributed by atoms with Gasteiger partial charge in [-0.3, -0.25) is 4.79 Å². The topological polar surface area (TPSA) is 29.1 Å². The van der Waals surface area contributed by atoms with Crippen LogP contribution in [0.2, 0.25) is 0 Å². The molecule has 106 valence electrons. The largest absolute Gasteiger partial charge is 0.351 e. The van der Waals surface area contributed by atoms with Crippen molar-refractivity contribution >= 4 is 56.0 Å². The van der Waals surface area contributed by atoms with Gasteiger partial charge < -0.3 is 5.32 Å². The molecular weight excluding hydrogens is 440 g/mol. The Morgan fingerprint density at radius 1 is 1.47 bits per heavy atom. The standard InChI is InChI=1S/C14H18BrClINO/c1-14(2,3)7-10(16)8-18-13(19)11-6-9(15)4-5-12(11)17/h4-6,10H,7-8H2,1-3H3,(H,18,19). The van der Waals surface area contributed by atoms with E-state index in [1.165, 1.54) is 0 Å². The van der Waals surface area contributed by atoms with E-state index in [9.17, 15) is 4.79 Å². The van der Waals surface area contributed by atoms with Crippen molar-refractivity contribution in [3.8, 4) is 0 Å². The first-order valence-electron chi connectivity index (χ1n) is 6.06. The summed E-state index contributed by atoms with van der Waals surface area (Å²) in [6, 6.07) is 5.65. The van der Waals surface area contributed by atoms with Gasteiger partial charge >= 0.3 is 0 Å². The summed E-state index contributed by atoms with van der Waals surface area (Å²) in [5, 5.41) is 2.85. The lowest BCUT2D eigenvalue weighted by Crippen LogP contribution is -2.32. The first-order valence-corrected chi connectivity index (χ1v) is 8.37. The van der Waals surface area contributed by atoms with E-state index < -0.39 is 0 Å². The fourth-order valence-electron chi connectivity index (χ4n) is 1.71. The number of hydrogen-bond donors (Lipinski definition) is 1. The van der Waals surface area contributed by atoms with Gasteiger partial charge in [-0.05, 0) is 52.6 Å². The molecule has 0 heterocycles. The highest BCUT2D eigenvalue weighted by Crippen LogP contribution is 2.23. The van der Waals surface area contributed by atoms with E-state index in [1.54, 1.807) is 0 Å². The van der Waals surface area contributed by atoms with Crippen LogP contribution in [0.5, 0.6) is 0 Å². The molecule has 0 aliphatic heterocycles. The molecule has 1 amide bonds. The summed E-state index contributed by atoms with van der Waals surface area (Å²) in [5.41, 5.74) is 0.844. The molecule has 1 unspecified atom stereocenters. The minimum absolute atomic E-state index is 0.0474. The van der Waals surface area contributed by atoms with Crippen molar-refractivity contribution in [2.75, 3.05) is 6.54 Å². The van der Waals surface area contributed by atoms with Crippen LogP contribution in [-0.2, 0) is 0 Å². The molecule has 1 rings (SSSR count). The maximum absolute atomic E-state index is 12.1. The summed E-state index contributed by atoms with van der Waals surface area (Å²) < 4.78 is 1.83. The number of benzene rings is 1. The van der Waals surface area contributed by atoms with Crippen LogP contribution in [0.3, 0.4) is 0 Å². The average Bonchev–Trinajstić information content (AvgIpc) is 2.27. The van der Waals surface area contributed by atoms with Crippen LogP contribution in [0.25, 0.3) is 0 Å². The molecule has 1 atom stereocenters. The number of carbonyl (C=O) groups is 1. The number of alkyl halides is 1. The molecule has 0 bridgehead atoms. The van der Waals surface area contributed by atoms with E-state index in [2.05, 4.69) is 64.6 Å². The van der Waals surface area contributed by atoms with E-state index >= 15 is 0 Å². The SMILES string of the molecule is CC(C)(C)CC(Cl)CNC(=O)c1cc(Br)ccc1I. The zero-order valence-electron chi connectivity index (χ0n) is 11.3. The number of nitrogens with one attached hydrogen (secondary N) is 1. The zero-order chi connectivity index (χ0) is 14.6. The summed E-state index contributed by atoms with van der Waals surface area (Å²) in [4.78, 5) is 12.1. The molecular formula is C14H18BrClINO. The molecule has 1 N–H and O–H groups in total. The van der Waals surface area contributed by atoms with Crippen molar-refractivity contribution in [3.05, 3.63) is 31.8 Å². The molecule has 2 nitrogen and oxygen atoms in total. The first-order chi connectivity index (χ1) is 8.69. The van der Waals surface area contributed by atoms with Crippen LogP contribution in [-0.4, -0.2) is 17.8 Å². The highest BCUT2D eigenvalue weighted by Gasteiger charge is 2.18. The van der Waals surface area contributed by atoms with Crippen LogP contribution >= 0.6 is 50.1 Å². The predicted molar refractivity (Wildman–Crippen MR) is 92.9 cm³/mol. The second-order valence-electron chi connectivity index (χ2n) is 5.70. The van der Waals surface area contributed by atoms with Crippen LogP contribution in [0.15, 0.2) is 22.7 Å². The van der Waals surface area contributed by atoms with Crippen LogP contribution in [0, 0.1) is 8.99 Å². The maximum atomic E-state index is 12.1. The number of rotatable bonds is 4. The second kappa shape index (κ2) is 7.27. The van der Waals surface area contributed by atoms with E-state index in [4.69, 9.17) is 11.6 Å². The Kier molecular flexibility index (Phi) is 6.60. The first kappa shape index (κ1) is 17.2. The number of hydrogen-bond acceptors (Lipinski definition) is 1. The molecule has 0 saturated heterocycles. The monoisotopic (exact) mass is 457 g/mol. The summed E-state index contributed by atoms with van der Waals surface area (Å²) in [7, 11) is 0. The average molecular weight is 459 g/mol. The van der Waals surface area contributed by atoms with E-state index in [0.717, 1.165) is 14.5 Å². The van der Waals surface area contributed by atoms with Gasteiger partial charge in [-0.1, -0.05) is 36.7 Å². The maximum Gasteiger partial charge on any atom is 0.252 e. The molecule has 0 aliphatic carbocycles. The number of amides is 1. The van der Waals surface area contributed by atoms with Gasteiger partial charge in [0.25, 0.3) is 5.91 Å². The van der Waals surface area contributed by atoms with E-state index in [-0.39, 0.29) is 16.7 Å². The molecule has 0 radical (unpaired) electrons. The van der Waals surface area contributed by atoms with Gasteiger partial charge in [-0.15, -0.1) is 11.6 Å². The van der Waals surface area contributed by atoms with Gasteiger partial charge in [0.1, 0.15) is 0 Å². The molecule has 1 aromatic carbocycles. The van der Waals surface area contributed by atoms with Gasteiger partial charge in [0.05, 0.1) is 10.9 Å². The van der Waals surface area contributed by atoms with Crippen molar-refractivity contribution in [2.24, 2.45) is 5.41 Å². The molecule has 0 fully saturated rings. The lowest BCUT2D eigenvalue weighted by molar-refractivity contribution is 0.0951. The Hall–Kier alpha value is 0.190. The van der Waals surface area contributed by atoms with Crippen molar-refractivity contribution < 1.29 is 4.79 Å². The van der Waals surface area contributed by atoms with Crippen LogP contribution in [0.1, 0.15) is 37.6 Å². The van der Waals surface area contributed by atoms with Crippen molar-refractivity contribution in [1.29, 1.82) is 0 Å².